The largest absolute Gasteiger partial charge is 0.472 e. The fraction of sp³-hybridized carbons (Fsp3) is 0.855. The molecule has 0 aromatic rings. The third-order valence-corrected chi connectivity index (χ3v) is 16.2. The minimum Gasteiger partial charge on any atom is -0.462 e. The predicted octanol–water partition coefficient (Wildman–Crippen LogP) is 22.1. The van der Waals surface area contributed by atoms with Gasteiger partial charge in [-0.3, -0.25) is 18.6 Å². The average Bonchev–Trinajstić information content (AvgIpc) is 3.44. The first-order valence-electron chi connectivity index (χ1n) is 34.1. The highest BCUT2D eigenvalue weighted by molar-refractivity contribution is 7.47. The van der Waals surface area contributed by atoms with Gasteiger partial charge in [-0.05, 0) is 77.0 Å². The maximum Gasteiger partial charge on any atom is 0.472 e. The third kappa shape index (κ3) is 65.0. The van der Waals surface area contributed by atoms with Crippen LogP contribution in [0.5, 0.6) is 0 Å². The predicted molar refractivity (Wildman–Crippen MR) is 340 cm³/mol. The second-order valence-corrected chi connectivity index (χ2v) is 24.5. The highest BCUT2D eigenvalue weighted by Gasteiger charge is 2.26. The van der Waals surface area contributed by atoms with Gasteiger partial charge in [0.2, 0.25) is 0 Å². The van der Waals surface area contributed by atoms with Crippen molar-refractivity contribution < 1.29 is 37.6 Å². The van der Waals surface area contributed by atoms with Crippen LogP contribution in [0, 0.1) is 0 Å². The number of carbonyl (C=O) groups is 2. The molecule has 464 valence electrons. The molecule has 79 heavy (non-hydrogen) atoms. The van der Waals surface area contributed by atoms with Gasteiger partial charge >= 0.3 is 19.8 Å². The number of hydrogen-bond donors (Lipinski definition) is 2. The van der Waals surface area contributed by atoms with Gasteiger partial charge in [-0.2, -0.15) is 0 Å². The van der Waals surface area contributed by atoms with Gasteiger partial charge in [-0.25, -0.2) is 4.57 Å². The molecule has 0 aromatic carbocycles. The third-order valence-electron chi connectivity index (χ3n) is 15.2. The quantitative estimate of drug-likeness (QED) is 0.0264. The van der Waals surface area contributed by atoms with E-state index in [4.69, 9.17) is 24.3 Å². The molecule has 2 atom stereocenters. The van der Waals surface area contributed by atoms with Crippen LogP contribution >= 0.6 is 7.82 Å². The summed E-state index contributed by atoms with van der Waals surface area (Å²) < 4.78 is 33.2. The summed E-state index contributed by atoms with van der Waals surface area (Å²) in [7, 11) is -4.39. The average molecular weight is 1130 g/mol. The van der Waals surface area contributed by atoms with Gasteiger partial charge in [0, 0.05) is 19.4 Å². The van der Waals surface area contributed by atoms with Crippen molar-refractivity contribution in [1.29, 1.82) is 0 Å². The molecule has 0 aromatic heterocycles. The van der Waals surface area contributed by atoms with Gasteiger partial charge in [0.1, 0.15) is 6.61 Å². The highest BCUT2D eigenvalue weighted by Crippen LogP contribution is 2.43. The summed E-state index contributed by atoms with van der Waals surface area (Å²) in [5.41, 5.74) is 5.40. The maximum absolute atomic E-state index is 12.8. The topological polar surface area (TPSA) is 134 Å². The standard InChI is InChI=1S/C69H130NO8P/c1-3-5-7-9-11-13-15-17-19-21-23-25-27-29-31-33-35-37-39-41-43-45-47-49-51-53-55-57-59-61-68(71)75-65-67(66-77-79(73,74)76-64-63-70)78-69(72)62-60-58-56-54-52-50-48-46-44-42-40-38-36-34-32-30-28-26-24-22-20-18-16-14-12-10-8-6-4-2/h16,18,21-24,28,30,67H,3-15,17,19-20,25-27,29,31-66,70H2,1-2H3,(H,73,74)/b18-16-,23-21-,24-22-,30-28-. The molecule has 0 heterocycles. The van der Waals surface area contributed by atoms with Crippen LogP contribution in [0.1, 0.15) is 348 Å². The van der Waals surface area contributed by atoms with Crippen molar-refractivity contribution in [3.8, 4) is 0 Å². The van der Waals surface area contributed by atoms with Crippen molar-refractivity contribution in [1.82, 2.24) is 0 Å². The van der Waals surface area contributed by atoms with Crippen LogP contribution in [-0.4, -0.2) is 49.3 Å². The van der Waals surface area contributed by atoms with Crippen molar-refractivity contribution in [2.24, 2.45) is 5.73 Å². The first-order valence-corrected chi connectivity index (χ1v) is 35.6. The lowest BCUT2D eigenvalue weighted by Gasteiger charge is -2.19. The van der Waals surface area contributed by atoms with Gasteiger partial charge in [0.05, 0.1) is 13.2 Å². The van der Waals surface area contributed by atoms with E-state index in [1.165, 1.54) is 263 Å². The van der Waals surface area contributed by atoms with Crippen LogP contribution < -0.4 is 5.73 Å². The minimum atomic E-state index is -4.39. The fourth-order valence-corrected chi connectivity index (χ4v) is 10.9. The Morgan fingerprint density at radius 3 is 0.987 bits per heavy atom. The normalized spacial score (nSPS) is 13.2. The number of hydrogen-bond acceptors (Lipinski definition) is 8. The Kier molecular flexibility index (Phi) is 63.5. The molecule has 0 spiro atoms. The molecule has 0 rings (SSSR count). The maximum atomic E-state index is 12.8. The van der Waals surface area contributed by atoms with Crippen LogP contribution in [0.15, 0.2) is 48.6 Å². The number of phosphoric ester groups is 1. The zero-order chi connectivity index (χ0) is 57.3. The Bertz CT molecular complexity index is 1430. The van der Waals surface area contributed by atoms with Crippen molar-refractivity contribution >= 4 is 19.8 Å². The number of carbonyl (C=O) groups excluding carboxylic acids is 2. The van der Waals surface area contributed by atoms with Crippen LogP contribution in [-0.2, 0) is 32.7 Å². The van der Waals surface area contributed by atoms with E-state index >= 15 is 0 Å². The Hall–Kier alpha value is -2.03. The molecule has 0 aliphatic carbocycles. The lowest BCUT2D eigenvalue weighted by atomic mass is 10.0. The van der Waals surface area contributed by atoms with Crippen molar-refractivity contribution in [2.75, 3.05) is 26.4 Å². The first-order chi connectivity index (χ1) is 38.8. The lowest BCUT2D eigenvalue weighted by Crippen LogP contribution is -2.29. The van der Waals surface area contributed by atoms with E-state index in [0.717, 1.165) is 51.4 Å². The summed E-state index contributed by atoms with van der Waals surface area (Å²) in [4.78, 5) is 35.3. The van der Waals surface area contributed by atoms with E-state index < -0.39 is 26.5 Å². The van der Waals surface area contributed by atoms with Crippen LogP contribution in [0.25, 0.3) is 0 Å². The molecule has 0 radical (unpaired) electrons. The first kappa shape index (κ1) is 77.0. The van der Waals surface area contributed by atoms with Gasteiger partial charge in [0.25, 0.3) is 0 Å². The molecule has 0 aliphatic heterocycles. The van der Waals surface area contributed by atoms with E-state index in [0.29, 0.717) is 6.42 Å². The van der Waals surface area contributed by atoms with Crippen LogP contribution in [0.4, 0.5) is 0 Å². The van der Waals surface area contributed by atoms with Gasteiger partial charge in [-0.1, -0.05) is 306 Å². The zero-order valence-electron chi connectivity index (χ0n) is 52.1. The molecule has 3 N–H and O–H groups in total. The molecule has 0 saturated carbocycles. The highest BCUT2D eigenvalue weighted by atomic mass is 31.2. The van der Waals surface area contributed by atoms with Gasteiger partial charge in [0.15, 0.2) is 6.10 Å². The zero-order valence-corrected chi connectivity index (χ0v) is 53.0. The van der Waals surface area contributed by atoms with Crippen LogP contribution in [0.3, 0.4) is 0 Å². The molecule has 10 heteroatoms. The number of rotatable bonds is 65. The summed E-state index contributed by atoms with van der Waals surface area (Å²) in [6.45, 7) is 3.79. The molecule has 9 nitrogen and oxygen atoms in total. The summed E-state index contributed by atoms with van der Waals surface area (Å²) in [5.74, 6) is -0.811. The summed E-state index contributed by atoms with van der Waals surface area (Å²) in [6.07, 6.45) is 82.0. The molecule has 0 aliphatic rings. The van der Waals surface area contributed by atoms with E-state index in [2.05, 4.69) is 62.5 Å². The minimum absolute atomic E-state index is 0.0543. The second kappa shape index (κ2) is 65.1. The molecule has 0 amide bonds. The lowest BCUT2D eigenvalue weighted by molar-refractivity contribution is -0.161. The Balaban J connectivity index is 3.86. The van der Waals surface area contributed by atoms with Crippen molar-refractivity contribution in [3.63, 3.8) is 0 Å². The SMILES string of the molecule is CCCCCCC/C=C\C/C=C\C/C=C\CCCCCCCCCCCCCCCCC(=O)OC(COC(=O)CCCCCCCCCCCCCCCCCCC/C=C\CCCCCCCCCC)COP(=O)(O)OCCN. The molecule has 0 bridgehead atoms. The molecule has 0 saturated heterocycles. The smallest absolute Gasteiger partial charge is 0.462 e. The molecular weight excluding hydrogens is 1000 g/mol. The fourth-order valence-electron chi connectivity index (χ4n) is 10.1. The summed E-state index contributed by atoms with van der Waals surface area (Å²) in [5, 5.41) is 0. The summed E-state index contributed by atoms with van der Waals surface area (Å²) >= 11 is 0. The Morgan fingerprint density at radius 1 is 0.380 bits per heavy atom. The number of allylic oxidation sites excluding steroid dienone is 8. The second-order valence-electron chi connectivity index (χ2n) is 23.0. The van der Waals surface area contributed by atoms with Crippen molar-refractivity contribution in [3.05, 3.63) is 48.6 Å². The van der Waals surface area contributed by atoms with E-state index in [1.807, 2.05) is 0 Å². The Labute approximate surface area is 489 Å². The van der Waals surface area contributed by atoms with Gasteiger partial charge in [-0.15, -0.1) is 0 Å². The number of unbranched alkanes of at least 4 members (excludes halogenated alkanes) is 44. The molecule has 2 unspecified atom stereocenters. The Morgan fingerprint density at radius 2 is 0.658 bits per heavy atom. The van der Waals surface area contributed by atoms with E-state index in [-0.39, 0.29) is 38.6 Å². The number of esters is 2. The molecular formula is C69H130NO8P. The number of ether oxygens (including phenoxy) is 2. The number of phosphoric acid groups is 1. The van der Waals surface area contributed by atoms with Gasteiger partial charge < -0.3 is 20.1 Å². The van der Waals surface area contributed by atoms with Crippen LogP contribution in [0.2, 0.25) is 0 Å². The van der Waals surface area contributed by atoms with E-state index in [1.54, 1.807) is 0 Å². The van der Waals surface area contributed by atoms with Crippen molar-refractivity contribution in [2.45, 2.75) is 354 Å². The number of nitrogens with two attached hydrogens (primary N) is 1. The molecule has 0 fully saturated rings. The van der Waals surface area contributed by atoms with E-state index in [9.17, 15) is 19.0 Å². The summed E-state index contributed by atoms with van der Waals surface area (Å²) in [6, 6.07) is 0. The monoisotopic (exact) mass is 1130 g/mol.